The lowest BCUT2D eigenvalue weighted by atomic mass is 10.2. The number of rotatable bonds is 2. The van der Waals surface area contributed by atoms with Gasteiger partial charge >= 0.3 is 5.69 Å². The molecule has 70 valence electrons. The number of nitrogens with two attached hydrogens (primary N) is 1. The summed E-state index contributed by atoms with van der Waals surface area (Å²) in [7, 11) is 0. The third-order valence-electron chi connectivity index (χ3n) is 1.53. The minimum atomic E-state index is -0.952. The molecule has 1 aromatic rings. The average molecular weight is 205 g/mol. The summed E-state index contributed by atoms with van der Waals surface area (Å²) in [4.78, 5) is 9.47. The summed E-state index contributed by atoms with van der Waals surface area (Å²) in [5, 5.41) is 10.4. The fraction of sp³-hybridized carbons (Fsp3) is 0.143. The number of nitrogens with zero attached hydrogens (tertiary/aromatic N) is 1. The van der Waals surface area contributed by atoms with Gasteiger partial charge in [-0.15, -0.1) is 0 Å². The zero-order valence-electron chi connectivity index (χ0n) is 6.46. The Kier molecular flexibility index (Phi) is 2.79. The van der Waals surface area contributed by atoms with Gasteiger partial charge in [-0.2, -0.15) is 4.39 Å². The van der Waals surface area contributed by atoms with Gasteiger partial charge in [0, 0.05) is 17.6 Å². The van der Waals surface area contributed by atoms with E-state index in [2.05, 4.69) is 0 Å². The maximum atomic E-state index is 12.9. The Balaban J connectivity index is 3.30. The second kappa shape index (κ2) is 3.68. The van der Waals surface area contributed by atoms with Gasteiger partial charge in [0.1, 0.15) is 0 Å². The quantitative estimate of drug-likeness (QED) is 0.590. The van der Waals surface area contributed by atoms with Crippen LogP contribution in [0.5, 0.6) is 0 Å². The lowest BCUT2D eigenvalue weighted by Crippen LogP contribution is -2.00. The highest BCUT2D eigenvalue weighted by Crippen LogP contribution is 2.25. The van der Waals surface area contributed by atoms with Crippen LogP contribution in [-0.4, -0.2) is 4.92 Å². The van der Waals surface area contributed by atoms with Crippen LogP contribution in [0.2, 0.25) is 5.02 Å². The molecule has 0 saturated carbocycles. The number of benzene rings is 1. The molecule has 0 atom stereocenters. The number of halogens is 2. The predicted octanol–water partition coefficient (Wildman–Crippen LogP) is 1.85. The highest BCUT2D eigenvalue weighted by molar-refractivity contribution is 6.31. The SMILES string of the molecule is NCc1cc([N+](=O)[O-])c(F)cc1Cl. The van der Waals surface area contributed by atoms with Gasteiger partial charge in [-0.3, -0.25) is 10.1 Å². The molecule has 0 aliphatic carbocycles. The smallest absolute Gasteiger partial charge is 0.305 e. The second-order valence-corrected chi connectivity index (χ2v) is 2.76. The predicted molar refractivity (Wildman–Crippen MR) is 46.0 cm³/mol. The summed E-state index contributed by atoms with van der Waals surface area (Å²) in [6, 6.07) is 1.93. The lowest BCUT2D eigenvalue weighted by Gasteiger charge is -2.00. The Morgan fingerprint density at radius 2 is 2.23 bits per heavy atom. The molecule has 0 fully saturated rings. The third-order valence-corrected chi connectivity index (χ3v) is 1.88. The van der Waals surface area contributed by atoms with E-state index >= 15 is 0 Å². The van der Waals surface area contributed by atoms with Gasteiger partial charge in [-0.25, -0.2) is 0 Å². The molecule has 0 radical (unpaired) electrons. The summed E-state index contributed by atoms with van der Waals surface area (Å²) in [6.45, 7) is 0.0416. The summed E-state index contributed by atoms with van der Waals surface area (Å²) < 4.78 is 12.9. The van der Waals surface area contributed by atoms with Crippen LogP contribution < -0.4 is 5.73 Å². The first-order chi connectivity index (χ1) is 6.06. The van der Waals surface area contributed by atoms with E-state index in [1.807, 2.05) is 0 Å². The Bertz CT molecular complexity index is 357. The van der Waals surface area contributed by atoms with Gasteiger partial charge in [0.25, 0.3) is 0 Å². The normalized spacial score (nSPS) is 10.1. The molecule has 0 unspecified atom stereocenters. The Hall–Kier alpha value is -1.20. The van der Waals surface area contributed by atoms with Crippen molar-refractivity contribution >= 4 is 17.3 Å². The maximum Gasteiger partial charge on any atom is 0.305 e. The van der Waals surface area contributed by atoms with Crippen molar-refractivity contribution in [3.05, 3.63) is 38.7 Å². The molecule has 0 aliphatic heterocycles. The number of nitro groups is 1. The zero-order chi connectivity index (χ0) is 10.0. The molecule has 0 amide bonds. The summed E-state index contributed by atoms with van der Waals surface area (Å²) in [6.07, 6.45) is 0. The van der Waals surface area contributed by atoms with Gasteiger partial charge in [-0.1, -0.05) is 11.6 Å². The van der Waals surface area contributed by atoms with Crippen molar-refractivity contribution in [2.45, 2.75) is 6.54 Å². The zero-order valence-corrected chi connectivity index (χ0v) is 7.21. The van der Waals surface area contributed by atoms with E-state index in [1.54, 1.807) is 0 Å². The summed E-state index contributed by atoms with van der Waals surface area (Å²) in [5.74, 6) is -0.952. The molecule has 1 aromatic carbocycles. The van der Waals surface area contributed by atoms with Crippen LogP contribution in [-0.2, 0) is 6.54 Å². The van der Waals surface area contributed by atoms with Crippen molar-refractivity contribution in [1.82, 2.24) is 0 Å². The van der Waals surface area contributed by atoms with Crippen LogP contribution in [0, 0.1) is 15.9 Å². The minimum absolute atomic E-state index is 0.0416. The van der Waals surface area contributed by atoms with Crippen LogP contribution in [0.3, 0.4) is 0 Å². The molecule has 0 heterocycles. The van der Waals surface area contributed by atoms with E-state index in [0.717, 1.165) is 12.1 Å². The van der Waals surface area contributed by atoms with E-state index in [9.17, 15) is 14.5 Å². The molecule has 0 aliphatic rings. The molecule has 13 heavy (non-hydrogen) atoms. The maximum absolute atomic E-state index is 12.9. The van der Waals surface area contributed by atoms with Gasteiger partial charge in [0.15, 0.2) is 0 Å². The Labute approximate surface area is 78.3 Å². The molecule has 0 bridgehead atoms. The first-order valence-electron chi connectivity index (χ1n) is 3.38. The van der Waals surface area contributed by atoms with Crippen molar-refractivity contribution < 1.29 is 9.31 Å². The van der Waals surface area contributed by atoms with Crippen molar-refractivity contribution in [2.75, 3.05) is 0 Å². The molecular weight excluding hydrogens is 199 g/mol. The molecule has 6 heteroatoms. The van der Waals surface area contributed by atoms with Gasteiger partial charge < -0.3 is 5.73 Å². The lowest BCUT2D eigenvalue weighted by molar-refractivity contribution is -0.387. The topological polar surface area (TPSA) is 69.2 Å². The second-order valence-electron chi connectivity index (χ2n) is 2.36. The van der Waals surface area contributed by atoms with Crippen LogP contribution >= 0.6 is 11.6 Å². The van der Waals surface area contributed by atoms with Crippen molar-refractivity contribution in [1.29, 1.82) is 0 Å². The highest BCUT2D eigenvalue weighted by atomic mass is 35.5. The van der Waals surface area contributed by atoms with E-state index in [4.69, 9.17) is 17.3 Å². The van der Waals surface area contributed by atoms with E-state index in [0.29, 0.717) is 5.56 Å². The van der Waals surface area contributed by atoms with Crippen LogP contribution in [0.1, 0.15) is 5.56 Å². The van der Waals surface area contributed by atoms with E-state index in [1.165, 1.54) is 0 Å². The number of nitro benzene ring substituents is 1. The first-order valence-corrected chi connectivity index (χ1v) is 3.76. The van der Waals surface area contributed by atoms with Gasteiger partial charge in [-0.05, 0) is 11.6 Å². The molecule has 4 nitrogen and oxygen atoms in total. The number of hydrogen-bond donors (Lipinski definition) is 1. The molecular formula is C7H6ClFN2O2. The number of hydrogen-bond acceptors (Lipinski definition) is 3. The molecule has 2 N–H and O–H groups in total. The first kappa shape index (κ1) is 9.88. The largest absolute Gasteiger partial charge is 0.326 e. The fourth-order valence-electron chi connectivity index (χ4n) is 0.877. The Morgan fingerprint density at radius 1 is 1.62 bits per heavy atom. The van der Waals surface area contributed by atoms with Gasteiger partial charge in [0.2, 0.25) is 5.82 Å². The van der Waals surface area contributed by atoms with Crippen molar-refractivity contribution in [3.63, 3.8) is 0 Å². The summed E-state index contributed by atoms with van der Waals surface area (Å²) >= 11 is 5.56. The third kappa shape index (κ3) is 1.93. The van der Waals surface area contributed by atoms with Crippen LogP contribution in [0.4, 0.5) is 10.1 Å². The highest BCUT2D eigenvalue weighted by Gasteiger charge is 2.16. The Morgan fingerprint density at radius 3 is 2.69 bits per heavy atom. The molecule has 1 rings (SSSR count). The summed E-state index contributed by atoms with van der Waals surface area (Å²) in [5.41, 5.74) is 4.99. The van der Waals surface area contributed by atoms with Crippen molar-refractivity contribution in [2.24, 2.45) is 5.73 Å². The van der Waals surface area contributed by atoms with E-state index < -0.39 is 16.4 Å². The monoisotopic (exact) mass is 204 g/mol. The van der Waals surface area contributed by atoms with Crippen molar-refractivity contribution in [3.8, 4) is 0 Å². The molecule has 0 saturated heterocycles. The van der Waals surface area contributed by atoms with Gasteiger partial charge in [0.05, 0.1) is 4.92 Å². The van der Waals surface area contributed by atoms with E-state index in [-0.39, 0.29) is 11.6 Å². The molecule has 0 aromatic heterocycles. The molecule has 0 spiro atoms. The average Bonchev–Trinajstić information content (AvgIpc) is 2.03. The van der Waals surface area contributed by atoms with Crippen LogP contribution in [0.25, 0.3) is 0 Å². The van der Waals surface area contributed by atoms with Crippen LogP contribution in [0.15, 0.2) is 12.1 Å². The minimum Gasteiger partial charge on any atom is -0.326 e. The fourth-order valence-corrected chi connectivity index (χ4v) is 1.10. The standard InChI is InChI=1S/C7H6ClFN2O2/c8-5-2-6(9)7(11(12)13)1-4(5)3-10/h1-2H,3,10H2.